The molecule has 0 aliphatic carbocycles. The van der Waals surface area contributed by atoms with Crippen LogP contribution in [0.4, 0.5) is 0 Å². The van der Waals surface area contributed by atoms with E-state index < -0.39 is 10.0 Å². The predicted octanol–water partition coefficient (Wildman–Crippen LogP) is 1.55. The van der Waals surface area contributed by atoms with Crippen molar-refractivity contribution < 1.29 is 17.9 Å². The van der Waals surface area contributed by atoms with Gasteiger partial charge in [0.05, 0.1) is 5.02 Å². The molecule has 0 aromatic heterocycles. The van der Waals surface area contributed by atoms with Crippen molar-refractivity contribution in [1.29, 1.82) is 0 Å². The van der Waals surface area contributed by atoms with Gasteiger partial charge in [-0.3, -0.25) is 4.79 Å². The Morgan fingerprint density at radius 1 is 1.27 bits per heavy atom. The van der Waals surface area contributed by atoms with Crippen LogP contribution >= 0.6 is 11.6 Å². The number of hydrogen-bond acceptors (Lipinski definition) is 4. The molecule has 0 saturated heterocycles. The molecule has 0 fully saturated rings. The Kier molecular flexibility index (Phi) is 8.40. The molecule has 2 N–H and O–H groups in total. The van der Waals surface area contributed by atoms with Gasteiger partial charge >= 0.3 is 0 Å². The lowest BCUT2D eigenvalue weighted by atomic mass is 10.4. The number of benzene rings is 1. The number of ether oxygens (including phenoxy) is 1. The van der Waals surface area contributed by atoms with Crippen LogP contribution in [0, 0.1) is 0 Å². The molecule has 8 heteroatoms. The lowest BCUT2D eigenvalue weighted by Crippen LogP contribution is -2.31. The maximum Gasteiger partial charge on any atom is 0.242 e. The summed E-state index contributed by atoms with van der Waals surface area (Å²) >= 11 is 5.85. The second-order valence-electron chi connectivity index (χ2n) is 4.48. The van der Waals surface area contributed by atoms with E-state index in [1.165, 1.54) is 12.1 Å². The largest absolute Gasteiger partial charge is 0.382 e. The van der Waals surface area contributed by atoms with Gasteiger partial charge in [0.2, 0.25) is 15.9 Å². The van der Waals surface area contributed by atoms with Gasteiger partial charge in [-0.2, -0.15) is 0 Å². The van der Waals surface area contributed by atoms with Gasteiger partial charge in [-0.1, -0.05) is 23.7 Å². The maximum absolute atomic E-state index is 12.0. The highest BCUT2D eigenvalue weighted by Gasteiger charge is 2.17. The van der Waals surface area contributed by atoms with Crippen molar-refractivity contribution in [3.8, 4) is 0 Å². The number of hydrogen-bond donors (Lipinski definition) is 2. The minimum Gasteiger partial charge on any atom is -0.382 e. The first-order valence-electron chi connectivity index (χ1n) is 7.06. The van der Waals surface area contributed by atoms with Crippen molar-refractivity contribution in [2.24, 2.45) is 0 Å². The van der Waals surface area contributed by atoms with Gasteiger partial charge in [-0.15, -0.1) is 0 Å². The summed E-state index contributed by atoms with van der Waals surface area (Å²) in [5.41, 5.74) is 0. The Morgan fingerprint density at radius 2 is 2.00 bits per heavy atom. The normalized spacial score (nSPS) is 11.4. The van der Waals surface area contributed by atoms with Crippen LogP contribution in [0.15, 0.2) is 29.2 Å². The summed E-state index contributed by atoms with van der Waals surface area (Å²) in [7, 11) is -3.70. The lowest BCUT2D eigenvalue weighted by Gasteiger charge is -2.08. The molecule has 0 unspecified atom stereocenters. The van der Waals surface area contributed by atoms with Crippen molar-refractivity contribution in [2.75, 3.05) is 26.3 Å². The molecule has 0 aliphatic heterocycles. The highest BCUT2D eigenvalue weighted by molar-refractivity contribution is 7.89. The molecule has 1 rings (SSSR count). The first kappa shape index (κ1) is 18.9. The average molecular weight is 349 g/mol. The summed E-state index contributed by atoms with van der Waals surface area (Å²) in [6.45, 7) is 3.68. The zero-order valence-electron chi connectivity index (χ0n) is 12.5. The van der Waals surface area contributed by atoms with Crippen LogP contribution in [0.2, 0.25) is 5.02 Å². The van der Waals surface area contributed by atoms with Gasteiger partial charge in [-0.05, 0) is 25.5 Å². The van der Waals surface area contributed by atoms with Crippen LogP contribution in [0.25, 0.3) is 0 Å². The maximum atomic E-state index is 12.0. The number of carbonyl (C=O) groups excluding carboxylic acids is 1. The summed E-state index contributed by atoms with van der Waals surface area (Å²) < 4.78 is 31.6. The number of carbonyl (C=O) groups is 1. The number of sulfonamides is 1. The van der Waals surface area contributed by atoms with Crippen molar-refractivity contribution in [1.82, 2.24) is 10.0 Å². The molecule has 0 aliphatic rings. The van der Waals surface area contributed by atoms with Gasteiger partial charge in [0.1, 0.15) is 4.90 Å². The lowest BCUT2D eigenvalue weighted by molar-refractivity contribution is -0.120. The highest BCUT2D eigenvalue weighted by Crippen LogP contribution is 2.19. The number of amides is 1. The summed E-state index contributed by atoms with van der Waals surface area (Å²) in [5, 5.41) is 2.85. The molecular formula is C14H21ClN2O4S. The van der Waals surface area contributed by atoms with Gasteiger partial charge in [0, 0.05) is 32.7 Å². The van der Waals surface area contributed by atoms with Gasteiger partial charge in [-0.25, -0.2) is 13.1 Å². The summed E-state index contributed by atoms with van der Waals surface area (Å²) in [4.78, 5) is 11.6. The van der Waals surface area contributed by atoms with Crippen LogP contribution in [0.1, 0.15) is 19.8 Å². The molecule has 1 aromatic rings. The van der Waals surface area contributed by atoms with E-state index in [2.05, 4.69) is 10.0 Å². The van der Waals surface area contributed by atoms with E-state index >= 15 is 0 Å². The van der Waals surface area contributed by atoms with E-state index in [1.54, 1.807) is 12.1 Å². The van der Waals surface area contributed by atoms with Gasteiger partial charge in [0.25, 0.3) is 0 Å². The van der Waals surface area contributed by atoms with Crippen molar-refractivity contribution in [3.63, 3.8) is 0 Å². The molecule has 1 amide bonds. The van der Waals surface area contributed by atoms with Crippen LogP contribution in [0.5, 0.6) is 0 Å². The number of nitrogens with one attached hydrogen (secondary N) is 2. The Morgan fingerprint density at radius 3 is 2.68 bits per heavy atom. The summed E-state index contributed by atoms with van der Waals surface area (Å²) in [6, 6.07) is 6.16. The van der Waals surface area contributed by atoms with Crippen molar-refractivity contribution in [2.45, 2.75) is 24.7 Å². The van der Waals surface area contributed by atoms with E-state index in [1.807, 2.05) is 6.92 Å². The molecule has 0 spiro atoms. The second kappa shape index (κ2) is 9.78. The topological polar surface area (TPSA) is 84.5 Å². The third-order valence-electron chi connectivity index (χ3n) is 2.76. The Hall–Kier alpha value is -1.15. The average Bonchev–Trinajstić information content (AvgIpc) is 2.47. The molecule has 0 atom stereocenters. The van der Waals surface area contributed by atoms with E-state index in [4.69, 9.17) is 16.3 Å². The third-order valence-corrected chi connectivity index (χ3v) is 4.72. The Balaban J connectivity index is 2.31. The third kappa shape index (κ3) is 6.74. The number of halogens is 1. The molecule has 124 valence electrons. The summed E-state index contributed by atoms with van der Waals surface area (Å²) in [5.74, 6) is -0.210. The Labute approximate surface area is 136 Å². The van der Waals surface area contributed by atoms with Gasteiger partial charge in [0.15, 0.2) is 0 Å². The SMILES string of the molecule is CCOCCCNC(=O)CCNS(=O)(=O)c1ccccc1Cl. The molecule has 0 radical (unpaired) electrons. The fourth-order valence-electron chi connectivity index (χ4n) is 1.67. The minimum absolute atomic E-state index is 0.00814. The smallest absolute Gasteiger partial charge is 0.242 e. The molecule has 0 heterocycles. The van der Waals surface area contributed by atoms with E-state index in [0.717, 1.165) is 6.42 Å². The monoisotopic (exact) mass is 348 g/mol. The van der Waals surface area contributed by atoms with E-state index in [-0.39, 0.29) is 28.8 Å². The fourth-order valence-corrected chi connectivity index (χ4v) is 3.22. The van der Waals surface area contributed by atoms with Crippen LogP contribution in [0.3, 0.4) is 0 Å². The van der Waals surface area contributed by atoms with Crippen LogP contribution in [-0.2, 0) is 19.6 Å². The first-order chi connectivity index (χ1) is 10.5. The predicted molar refractivity (Wildman–Crippen MR) is 85.4 cm³/mol. The molecule has 0 saturated carbocycles. The van der Waals surface area contributed by atoms with E-state index in [0.29, 0.717) is 19.8 Å². The van der Waals surface area contributed by atoms with Crippen molar-refractivity contribution >= 4 is 27.5 Å². The first-order valence-corrected chi connectivity index (χ1v) is 8.92. The standard InChI is InChI=1S/C14H21ClN2O4S/c1-2-21-11-5-9-16-14(18)8-10-17-22(19,20)13-7-4-3-6-12(13)15/h3-4,6-7,17H,2,5,8-11H2,1H3,(H,16,18). The molecule has 0 bridgehead atoms. The molecular weight excluding hydrogens is 328 g/mol. The fraction of sp³-hybridized carbons (Fsp3) is 0.500. The quantitative estimate of drug-likeness (QED) is 0.628. The zero-order chi connectivity index (χ0) is 16.4. The van der Waals surface area contributed by atoms with Gasteiger partial charge < -0.3 is 10.1 Å². The van der Waals surface area contributed by atoms with E-state index in [9.17, 15) is 13.2 Å². The summed E-state index contributed by atoms with van der Waals surface area (Å²) in [6.07, 6.45) is 0.795. The molecule has 22 heavy (non-hydrogen) atoms. The van der Waals surface area contributed by atoms with Crippen LogP contribution in [-0.4, -0.2) is 40.6 Å². The van der Waals surface area contributed by atoms with Crippen LogP contribution < -0.4 is 10.0 Å². The second-order valence-corrected chi connectivity index (χ2v) is 6.62. The van der Waals surface area contributed by atoms with Crippen molar-refractivity contribution in [3.05, 3.63) is 29.3 Å². The molecule has 1 aromatic carbocycles. The minimum atomic E-state index is -3.70. The molecule has 6 nitrogen and oxygen atoms in total. The Bertz CT molecular complexity index is 578. The highest BCUT2D eigenvalue weighted by atomic mass is 35.5. The zero-order valence-corrected chi connectivity index (χ0v) is 14.0. The number of rotatable bonds is 10.